The van der Waals surface area contributed by atoms with E-state index in [2.05, 4.69) is 32.5 Å². The number of rotatable bonds is 5. The van der Waals surface area contributed by atoms with Gasteiger partial charge in [0.25, 0.3) is 0 Å². The number of ether oxygens (including phenoxy) is 1. The van der Waals surface area contributed by atoms with Crippen LogP contribution in [0, 0.1) is 11.7 Å². The summed E-state index contributed by atoms with van der Waals surface area (Å²) < 4.78 is 27.1. The lowest BCUT2D eigenvalue weighted by atomic mass is 9.64. The summed E-state index contributed by atoms with van der Waals surface area (Å²) in [6, 6.07) is 2.15. The van der Waals surface area contributed by atoms with Gasteiger partial charge in [0.1, 0.15) is 24.3 Å². The molecule has 12 heteroatoms. The van der Waals surface area contributed by atoms with Crippen molar-refractivity contribution in [2.45, 2.75) is 44.4 Å². The maximum absolute atomic E-state index is 14.7. The normalized spacial score (nSPS) is 24.0. The zero-order valence-corrected chi connectivity index (χ0v) is 19.1. The fourth-order valence-corrected chi connectivity index (χ4v) is 5.26. The lowest BCUT2D eigenvalue weighted by Gasteiger charge is -2.61. The maximum atomic E-state index is 14.7. The van der Waals surface area contributed by atoms with Crippen molar-refractivity contribution in [3.8, 4) is 11.4 Å². The van der Waals surface area contributed by atoms with E-state index in [4.69, 9.17) is 20.8 Å². The first-order chi connectivity index (χ1) is 15.8. The van der Waals surface area contributed by atoms with E-state index in [1.807, 2.05) is 0 Å². The first-order valence-electron chi connectivity index (χ1n) is 10.6. The van der Waals surface area contributed by atoms with E-state index < -0.39 is 17.4 Å². The second kappa shape index (κ2) is 8.07. The molecule has 3 heterocycles. The number of hydrogen-bond acceptors (Lipinski definition) is 7. The number of aromatic nitrogens is 5. The number of anilines is 1. The highest BCUT2D eigenvalue weighted by Gasteiger charge is 2.62. The molecule has 0 unspecified atom stereocenters. The first kappa shape index (κ1) is 21.8. The van der Waals surface area contributed by atoms with Crippen LogP contribution in [0.25, 0.3) is 11.4 Å². The Morgan fingerprint density at radius 2 is 2.21 bits per heavy atom. The average Bonchev–Trinajstić information content (AvgIpc) is 3.39. The van der Waals surface area contributed by atoms with Crippen molar-refractivity contribution >= 4 is 23.3 Å². The Kier molecular flexibility index (Phi) is 5.32. The summed E-state index contributed by atoms with van der Waals surface area (Å²) in [7, 11) is 3.26. The monoisotopic (exact) mass is 475 g/mol. The lowest BCUT2D eigenvalue weighted by Crippen LogP contribution is -2.70. The van der Waals surface area contributed by atoms with Crippen LogP contribution in [-0.2, 0) is 23.9 Å². The fraction of sp³-hybridized carbons (Fsp3) is 0.476. The van der Waals surface area contributed by atoms with Gasteiger partial charge >= 0.3 is 6.03 Å². The summed E-state index contributed by atoms with van der Waals surface area (Å²) in [6.45, 7) is 2.32. The SMILES string of the molecule is COCc1nnc([C@]23C[C@@H](C)C[C@H](C2)N3C(=O)Nc2cc(-c3ncn(C)n3)c(Cl)cc2F)o1. The Hall–Kier alpha value is -3.05. The number of carbonyl (C=O) groups excluding carboxylic acids is 1. The number of amides is 2. The molecule has 1 saturated carbocycles. The number of benzene rings is 1. The van der Waals surface area contributed by atoms with Gasteiger partial charge in [0, 0.05) is 32.2 Å². The zero-order chi connectivity index (χ0) is 23.3. The van der Waals surface area contributed by atoms with Crippen molar-refractivity contribution in [1.29, 1.82) is 0 Å². The molecule has 2 amide bonds. The highest BCUT2D eigenvalue weighted by molar-refractivity contribution is 6.33. The van der Waals surface area contributed by atoms with Gasteiger partial charge in [-0.25, -0.2) is 14.2 Å². The van der Waals surface area contributed by atoms with Crippen LogP contribution < -0.4 is 5.32 Å². The van der Waals surface area contributed by atoms with Gasteiger partial charge in [0.2, 0.25) is 11.8 Å². The molecule has 5 rings (SSSR count). The lowest BCUT2D eigenvalue weighted by molar-refractivity contribution is -0.110. The third-order valence-electron chi connectivity index (χ3n) is 6.25. The molecule has 33 heavy (non-hydrogen) atoms. The van der Waals surface area contributed by atoms with Crippen molar-refractivity contribution in [2.24, 2.45) is 13.0 Å². The number of fused-ring (bicyclic) bond motifs is 2. The van der Waals surface area contributed by atoms with Crippen molar-refractivity contribution in [3.05, 3.63) is 41.1 Å². The Morgan fingerprint density at radius 3 is 2.94 bits per heavy atom. The van der Waals surface area contributed by atoms with E-state index in [1.165, 1.54) is 17.1 Å². The quantitative estimate of drug-likeness (QED) is 0.598. The molecule has 1 aromatic carbocycles. The molecule has 10 nitrogen and oxygen atoms in total. The van der Waals surface area contributed by atoms with Crippen LogP contribution in [0.5, 0.6) is 0 Å². The van der Waals surface area contributed by atoms with Crippen molar-refractivity contribution in [2.75, 3.05) is 12.4 Å². The van der Waals surface area contributed by atoms with Gasteiger partial charge in [-0.3, -0.25) is 4.68 Å². The summed E-state index contributed by atoms with van der Waals surface area (Å²) in [5.41, 5.74) is -0.313. The second-order valence-corrected chi connectivity index (χ2v) is 9.13. The minimum absolute atomic E-state index is 0.00110. The Morgan fingerprint density at radius 1 is 1.39 bits per heavy atom. The molecule has 2 aromatic heterocycles. The molecular formula is C21H23ClFN7O3. The number of methoxy groups -OCH3 is 1. The van der Waals surface area contributed by atoms with Gasteiger partial charge in [-0.05, 0) is 30.9 Å². The standard InChI is InChI=1S/C21H23ClFN7O3/c1-11-4-12-8-21(7-11,19-27-26-17(33-19)9-32-3)30(12)20(31)25-16-5-13(14(22)6-15(16)23)18-24-10-29(2)28-18/h5-6,10-12H,4,7-9H2,1-3H3,(H,25,31)/t11-,12+,21-/m0/s1. The van der Waals surface area contributed by atoms with E-state index in [1.54, 1.807) is 19.1 Å². The highest BCUT2D eigenvalue weighted by Crippen LogP contribution is 2.55. The summed E-state index contributed by atoms with van der Waals surface area (Å²) in [5.74, 6) is 0.782. The van der Waals surface area contributed by atoms with Gasteiger partial charge in [-0.2, -0.15) is 5.10 Å². The summed E-state index contributed by atoms with van der Waals surface area (Å²) in [4.78, 5) is 19.2. The summed E-state index contributed by atoms with van der Waals surface area (Å²) in [5, 5.41) is 15.3. The van der Waals surface area contributed by atoms with Crippen LogP contribution in [0.1, 0.15) is 38.0 Å². The zero-order valence-electron chi connectivity index (χ0n) is 18.4. The third kappa shape index (κ3) is 3.65. The topological polar surface area (TPSA) is 111 Å². The number of likely N-dealkylation sites (tertiary alicyclic amines) is 1. The number of carbonyl (C=O) groups is 1. The second-order valence-electron chi connectivity index (χ2n) is 8.72. The molecule has 2 aliphatic rings. The first-order valence-corrected chi connectivity index (χ1v) is 11.0. The van der Waals surface area contributed by atoms with E-state index in [0.717, 1.165) is 12.5 Å². The van der Waals surface area contributed by atoms with Crippen molar-refractivity contribution in [1.82, 2.24) is 29.9 Å². The van der Waals surface area contributed by atoms with Crippen molar-refractivity contribution in [3.63, 3.8) is 0 Å². The number of halogens is 2. The molecule has 1 aliphatic carbocycles. The van der Waals surface area contributed by atoms with Crippen molar-refractivity contribution < 1.29 is 18.3 Å². The molecule has 174 valence electrons. The number of piperidine rings is 1. The Bertz CT molecular complexity index is 1210. The smallest absolute Gasteiger partial charge is 0.323 e. The van der Waals surface area contributed by atoms with Gasteiger partial charge in [0.05, 0.1) is 10.7 Å². The van der Waals surface area contributed by atoms with E-state index >= 15 is 0 Å². The number of nitrogens with one attached hydrogen (secondary N) is 1. The molecule has 3 aromatic rings. The Labute approximate surface area is 194 Å². The third-order valence-corrected chi connectivity index (χ3v) is 6.56. The van der Waals surface area contributed by atoms with E-state index in [9.17, 15) is 9.18 Å². The number of nitrogens with zero attached hydrogens (tertiary/aromatic N) is 6. The molecule has 2 fully saturated rings. The molecule has 0 radical (unpaired) electrons. The molecule has 1 aliphatic heterocycles. The van der Waals surface area contributed by atoms with E-state index in [-0.39, 0.29) is 23.4 Å². The predicted molar refractivity (Wildman–Crippen MR) is 116 cm³/mol. The maximum Gasteiger partial charge on any atom is 0.323 e. The number of aryl methyl sites for hydroxylation is 1. The van der Waals surface area contributed by atoms with Crippen LogP contribution in [0.3, 0.4) is 0 Å². The van der Waals surface area contributed by atoms with Gasteiger partial charge in [0.15, 0.2) is 5.82 Å². The summed E-state index contributed by atoms with van der Waals surface area (Å²) >= 11 is 6.22. The largest absolute Gasteiger partial charge is 0.420 e. The average molecular weight is 476 g/mol. The van der Waals surface area contributed by atoms with Gasteiger partial charge < -0.3 is 19.4 Å². The highest BCUT2D eigenvalue weighted by atomic mass is 35.5. The van der Waals surface area contributed by atoms with Gasteiger partial charge in [-0.15, -0.1) is 10.2 Å². The molecule has 0 spiro atoms. The molecule has 2 bridgehead atoms. The number of hydrogen-bond donors (Lipinski definition) is 1. The molecule has 3 atom stereocenters. The molecule has 1 saturated heterocycles. The van der Waals surface area contributed by atoms with Crippen LogP contribution >= 0.6 is 11.6 Å². The van der Waals surface area contributed by atoms with Gasteiger partial charge in [-0.1, -0.05) is 18.5 Å². The molecule has 1 N–H and O–H groups in total. The van der Waals surface area contributed by atoms with Crippen LogP contribution in [0.15, 0.2) is 22.9 Å². The predicted octanol–water partition coefficient (Wildman–Crippen LogP) is 3.74. The van der Waals surface area contributed by atoms with Crippen LogP contribution in [-0.4, -0.2) is 49.0 Å². The van der Waals surface area contributed by atoms with Crippen LogP contribution in [0.4, 0.5) is 14.9 Å². The minimum atomic E-state index is -0.723. The number of urea groups is 1. The minimum Gasteiger partial charge on any atom is -0.420 e. The van der Waals surface area contributed by atoms with E-state index in [0.29, 0.717) is 41.9 Å². The van der Waals surface area contributed by atoms with Crippen LogP contribution in [0.2, 0.25) is 5.02 Å². The summed E-state index contributed by atoms with van der Waals surface area (Å²) in [6.07, 6.45) is 3.76. The molecular weight excluding hydrogens is 453 g/mol. The Balaban J connectivity index is 1.44. The fourth-order valence-electron chi connectivity index (χ4n) is 5.03.